The van der Waals surface area contributed by atoms with Crippen molar-refractivity contribution in [2.75, 3.05) is 10.6 Å². The maximum Gasteiger partial charge on any atom is 0.246 e. The maximum atomic E-state index is 12.3. The minimum absolute atomic E-state index is 0.00725. The third-order valence-electron chi connectivity index (χ3n) is 3.72. The van der Waals surface area contributed by atoms with Crippen molar-refractivity contribution >= 4 is 23.1 Å². The Bertz CT molecular complexity index is 721. The number of anilines is 2. The highest BCUT2D eigenvalue weighted by Crippen LogP contribution is 2.18. The molecular weight excluding hydrogens is 288 g/mol. The first-order chi connectivity index (χ1) is 10.9. The molecule has 0 saturated carbocycles. The monoisotopic (exact) mass is 310 g/mol. The Hall–Kier alpha value is -2.62. The largest absolute Gasteiger partial charge is 0.374 e. The second kappa shape index (κ2) is 7.09. The molecule has 0 saturated heterocycles. The van der Waals surface area contributed by atoms with Gasteiger partial charge in [-0.05, 0) is 69.2 Å². The number of nitrogens with one attached hydrogen (secondary N) is 2. The number of hydrogen-bond donors (Lipinski definition) is 2. The fourth-order valence-corrected chi connectivity index (χ4v) is 2.23. The van der Waals surface area contributed by atoms with E-state index in [1.165, 1.54) is 6.92 Å². The van der Waals surface area contributed by atoms with Crippen molar-refractivity contribution in [2.45, 2.75) is 33.7 Å². The van der Waals surface area contributed by atoms with E-state index < -0.39 is 0 Å². The van der Waals surface area contributed by atoms with Crippen LogP contribution in [0.3, 0.4) is 0 Å². The van der Waals surface area contributed by atoms with Gasteiger partial charge in [0.15, 0.2) is 5.78 Å². The van der Waals surface area contributed by atoms with Gasteiger partial charge in [-0.2, -0.15) is 0 Å². The Morgan fingerprint density at radius 1 is 1.00 bits per heavy atom. The van der Waals surface area contributed by atoms with E-state index >= 15 is 0 Å². The first-order valence-electron chi connectivity index (χ1n) is 7.62. The Kier molecular flexibility index (Phi) is 5.16. The molecule has 0 aromatic heterocycles. The molecule has 2 aromatic carbocycles. The number of carbonyl (C=O) groups excluding carboxylic acids is 2. The van der Waals surface area contributed by atoms with Crippen LogP contribution >= 0.6 is 0 Å². The van der Waals surface area contributed by atoms with Crippen LogP contribution in [0.15, 0.2) is 42.5 Å². The lowest BCUT2D eigenvalue weighted by molar-refractivity contribution is -0.116. The zero-order valence-corrected chi connectivity index (χ0v) is 13.9. The van der Waals surface area contributed by atoms with Crippen LogP contribution in [0.5, 0.6) is 0 Å². The molecule has 0 bridgehead atoms. The predicted molar refractivity (Wildman–Crippen MR) is 94.1 cm³/mol. The van der Waals surface area contributed by atoms with E-state index in [4.69, 9.17) is 0 Å². The van der Waals surface area contributed by atoms with Crippen LogP contribution in [0.4, 0.5) is 11.4 Å². The SMILES string of the molecule is CC(=O)c1ccc(NC(=O)C(C)Nc2cc(C)ccc2C)cc1. The summed E-state index contributed by atoms with van der Waals surface area (Å²) in [5, 5.41) is 6.08. The molecule has 0 heterocycles. The number of carbonyl (C=O) groups is 2. The second-order valence-corrected chi connectivity index (χ2v) is 5.81. The summed E-state index contributed by atoms with van der Waals surface area (Å²) >= 11 is 0. The van der Waals surface area contributed by atoms with Gasteiger partial charge in [0.05, 0.1) is 0 Å². The molecule has 1 amide bonds. The van der Waals surface area contributed by atoms with E-state index in [0.717, 1.165) is 16.8 Å². The van der Waals surface area contributed by atoms with Crippen LogP contribution < -0.4 is 10.6 Å². The van der Waals surface area contributed by atoms with E-state index in [0.29, 0.717) is 11.3 Å². The summed E-state index contributed by atoms with van der Waals surface area (Å²) in [6.07, 6.45) is 0. The minimum atomic E-state index is -0.372. The fraction of sp³-hybridized carbons (Fsp3) is 0.263. The van der Waals surface area contributed by atoms with Crippen LogP contribution in [0.2, 0.25) is 0 Å². The average molecular weight is 310 g/mol. The molecule has 23 heavy (non-hydrogen) atoms. The Morgan fingerprint density at radius 3 is 2.26 bits per heavy atom. The lowest BCUT2D eigenvalue weighted by atomic mass is 10.1. The number of benzene rings is 2. The number of rotatable bonds is 5. The molecule has 0 aliphatic rings. The molecule has 1 unspecified atom stereocenters. The van der Waals surface area contributed by atoms with Crippen LogP contribution in [0.1, 0.15) is 35.3 Å². The predicted octanol–water partition coefficient (Wildman–Crippen LogP) is 3.95. The molecule has 4 heteroatoms. The third kappa shape index (κ3) is 4.42. The molecule has 0 radical (unpaired) electrons. The third-order valence-corrected chi connectivity index (χ3v) is 3.72. The van der Waals surface area contributed by atoms with Gasteiger partial charge in [-0.25, -0.2) is 0 Å². The zero-order valence-electron chi connectivity index (χ0n) is 13.9. The Labute approximate surface area is 136 Å². The summed E-state index contributed by atoms with van der Waals surface area (Å²) in [6, 6.07) is 12.6. The highest BCUT2D eigenvalue weighted by molar-refractivity contribution is 5.98. The van der Waals surface area contributed by atoms with Crippen molar-refractivity contribution in [3.8, 4) is 0 Å². The molecule has 0 aliphatic heterocycles. The van der Waals surface area contributed by atoms with Gasteiger partial charge in [0.2, 0.25) is 5.91 Å². The Morgan fingerprint density at radius 2 is 1.65 bits per heavy atom. The summed E-state index contributed by atoms with van der Waals surface area (Å²) < 4.78 is 0. The van der Waals surface area contributed by atoms with Gasteiger partial charge in [0.25, 0.3) is 0 Å². The molecule has 2 rings (SSSR count). The molecule has 2 N–H and O–H groups in total. The van der Waals surface area contributed by atoms with E-state index in [-0.39, 0.29) is 17.7 Å². The second-order valence-electron chi connectivity index (χ2n) is 5.81. The number of Topliss-reactive ketones (excluding diaryl/α,β-unsaturated/α-hetero) is 1. The van der Waals surface area contributed by atoms with Crippen LogP contribution in [0, 0.1) is 13.8 Å². The molecule has 2 aromatic rings. The van der Waals surface area contributed by atoms with E-state index in [1.807, 2.05) is 39.0 Å². The molecule has 120 valence electrons. The standard InChI is InChI=1S/C19H22N2O2/c1-12-5-6-13(2)18(11-12)20-14(3)19(23)21-17-9-7-16(8-10-17)15(4)22/h5-11,14,20H,1-4H3,(H,21,23). The molecule has 0 fully saturated rings. The topological polar surface area (TPSA) is 58.2 Å². The fourth-order valence-electron chi connectivity index (χ4n) is 2.23. The van der Waals surface area contributed by atoms with Crippen LogP contribution in [0.25, 0.3) is 0 Å². The molecule has 1 atom stereocenters. The molecule has 0 aliphatic carbocycles. The zero-order chi connectivity index (χ0) is 17.0. The van der Waals surface area contributed by atoms with E-state index in [1.54, 1.807) is 24.3 Å². The summed E-state index contributed by atoms with van der Waals surface area (Å²) in [4.78, 5) is 23.5. The first kappa shape index (κ1) is 16.7. The normalized spacial score (nSPS) is 11.7. The van der Waals surface area contributed by atoms with Gasteiger partial charge < -0.3 is 10.6 Å². The number of amides is 1. The van der Waals surface area contributed by atoms with E-state index in [2.05, 4.69) is 10.6 Å². The van der Waals surface area contributed by atoms with Crippen molar-refractivity contribution in [2.24, 2.45) is 0 Å². The van der Waals surface area contributed by atoms with Crippen molar-refractivity contribution in [3.63, 3.8) is 0 Å². The Balaban J connectivity index is 2.02. The van der Waals surface area contributed by atoms with Crippen LogP contribution in [-0.2, 0) is 4.79 Å². The van der Waals surface area contributed by atoms with Gasteiger partial charge in [-0.15, -0.1) is 0 Å². The van der Waals surface area contributed by atoms with Crippen molar-refractivity contribution in [1.82, 2.24) is 0 Å². The van der Waals surface area contributed by atoms with Crippen molar-refractivity contribution in [3.05, 3.63) is 59.2 Å². The van der Waals surface area contributed by atoms with Crippen molar-refractivity contribution in [1.29, 1.82) is 0 Å². The van der Waals surface area contributed by atoms with Crippen LogP contribution in [-0.4, -0.2) is 17.7 Å². The number of aryl methyl sites for hydroxylation is 2. The maximum absolute atomic E-state index is 12.3. The minimum Gasteiger partial charge on any atom is -0.374 e. The van der Waals surface area contributed by atoms with Crippen molar-refractivity contribution < 1.29 is 9.59 Å². The van der Waals surface area contributed by atoms with E-state index in [9.17, 15) is 9.59 Å². The lowest BCUT2D eigenvalue weighted by Gasteiger charge is -2.17. The summed E-state index contributed by atoms with van der Waals surface area (Å²) in [6.45, 7) is 7.36. The van der Waals surface area contributed by atoms with Gasteiger partial charge >= 0.3 is 0 Å². The summed E-state index contributed by atoms with van der Waals surface area (Å²) in [5.74, 6) is -0.116. The summed E-state index contributed by atoms with van der Waals surface area (Å²) in [7, 11) is 0. The molecule has 4 nitrogen and oxygen atoms in total. The van der Waals surface area contributed by atoms with Gasteiger partial charge in [0, 0.05) is 16.9 Å². The smallest absolute Gasteiger partial charge is 0.246 e. The quantitative estimate of drug-likeness (QED) is 0.822. The summed E-state index contributed by atoms with van der Waals surface area (Å²) in [5.41, 5.74) is 4.50. The van der Waals surface area contributed by atoms with Gasteiger partial charge in [0.1, 0.15) is 6.04 Å². The molecular formula is C19H22N2O2. The highest BCUT2D eigenvalue weighted by Gasteiger charge is 2.14. The highest BCUT2D eigenvalue weighted by atomic mass is 16.2. The van der Waals surface area contributed by atoms with Gasteiger partial charge in [-0.1, -0.05) is 12.1 Å². The molecule has 0 spiro atoms. The van der Waals surface area contributed by atoms with Gasteiger partial charge in [-0.3, -0.25) is 9.59 Å². The average Bonchev–Trinajstić information content (AvgIpc) is 2.51. The lowest BCUT2D eigenvalue weighted by Crippen LogP contribution is -2.32. The number of hydrogen-bond acceptors (Lipinski definition) is 3. The number of ketones is 1. The first-order valence-corrected chi connectivity index (χ1v) is 7.62.